The van der Waals surface area contributed by atoms with Crippen molar-refractivity contribution in [3.63, 3.8) is 0 Å². The summed E-state index contributed by atoms with van der Waals surface area (Å²) in [6, 6.07) is 14.0. The third-order valence-electron chi connectivity index (χ3n) is 6.85. The Balaban J connectivity index is 1.29. The molecule has 0 amide bonds. The molecule has 0 unspecified atom stereocenters. The second kappa shape index (κ2) is 11.2. The Bertz CT molecular complexity index is 1060. The number of pyridine rings is 2. The highest BCUT2D eigenvalue weighted by Crippen LogP contribution is 2.30. The number of aliphatic carboxylic acids is 1. The minimum atomic E-state index is -0.659. The van der Waals surface area contributed by atoms with E-state index in [1.807, 2.05) is 48.8 Å². The number of aromatic nitrogens is 2. The summed E-state index contributed by atoms with van der Waals surface area (Å²) in [7, 11) is 1.67. The molecule has 3 aromatic rings. The number of fused-ring (bicyclic) bond motifs is 1. The van der Waals surface area contributed by atoms with Gasteiger partial charge in [-0.2, -0.15) is 0 Å². The summed E-state index contributed by atoms with van der Waals surface area (Å²) in [5.41, 5.74) is 3.32. The van der Waals surface area contributed by atoms with Crippen molar-refractivity contribution in [2.24, 2.45) is 11.8 Å². The Morgan fingerprint density at radius 2 is 2.03 bits per heavy atom. The van der Waals surface area contributed by atoms with Crippen LogP contribution in [-0.2, 0) is 17.6 Å². The van der Waals surface area contributed by atoms with Crippen LogP contribution in [0, 0.1) is 11.8 Å². The van der Waals surface area contributed by atoms with Gasteiger partial charge < -0.3 is 14.7 Å². The number of hydrogen-bond acceptors (Lipinski definition) is 5. The standard InChI is InChI=1S/C27H33N3O3/c1-33-23-10-11-26-24(18-23)20(12-15-29-26)6-4-7-21-13-17-30(19-25(21)27(31)32)16-5-9-22-8-2-3-14-28-22/h2-3,8,10-12,14-15,18,21,25H,4-7,9,13,16-17,19H2,1H3,(H,31,32)/t21-,25+/m1/s1. The van der Waals surface area contributed by atoms with Crippen LogP contribution >= 0.6 is 0 Å². The molecule has 2 aromatic heterocycles. The van der Waals surface area contributed by atoms with E-state index in [4.69, 9.17) is 4.74 Å². The molecule has 0 saturated carbocycles. The second-order valence-electron chi connectivity index (χ2n) is 8.96. The summed E-state index contributed by atoms with van der Waals surface area (Å²) in [5.74, 6) is 0.117. The van der Waals surface area contributed by atoms with E-state index in [9.17, 15) is 9.90 Å². The van der Waals surface area contributed by atoms with Crippen molar-refractivity contribution in [1.82, 2.24) is 14.9 Å². The van der Waals surface area contributed by atoms with Crippen molar-refractivity contribution >= 4 is 16.9 Å². The van der Waals surface area contributed by atoms with E-state index in [0.717, 1.165) is 74.0 Å². The van der Waals surface area contributed by atoms with Crippen LogP contribution in [0.4, 0.5) is 0 Å². The number of piperidine rings is 1. The summed E-state index contributed by atoms with van der Waals surface area (Å²) in [6.45, 7) is 2.56. The number of rotatable bonds is 10. The smallest absolute Gasteiger partial charge is 0.308 e. The van der Waals surface area contributed by atoms with Crippen LogP contribution in [0.2, 0.25) is 0 Å². The van der Waals surface area contributed by atoms with Gasteiger partial charge in [0.2, 0.25) is 0 Å². The van der Waals surface area contributed by atoms with E-state index >= 15 is 0 Å². The van der Waals surface area contributed by atoms with Crippen molar-refractivity contribution in [3.8, 4) is 5.75 Å². The Morgan fingerprint density at radius 3 is 2.82 bits per heavy atom. The van der Waals surface area contributed by atoms with Gasteiger partial charge in [0.1, 0.15) is 5.75 Å². The van der Waals surface area contributed by atoms with Crippen molar-refractivity contribution in [2.45, 2.75) is 38.5 Å². The molecule has 4 rings (SSSR count). The molecule has 6 nitrogen and oxygen atoms in total. The monoisotopic (exact) mass is 447 g/mol. The third kappa shape index (κ3) is 6.08. The largest absolute Gasteiger partial charge is 0.497 e. The fraction of sp³-hybridized carbons (Fsp3) is 0.444. The molecule has 1 fully saturated rings. The zero-order valence-electron chi connectivity index (χ0n) is 19.3. The van der Waals surface area contributed by atoms with Crippen LogP contribution in [0.25, 0.3) is 10.9 Å². The molecule has 0 spiro atoms. The summed E-state index contributed by atoms with van der Waals surface area (Å²) in [4.78, 5) is 23.2. The van der Waals surface area contributed by atoms with E-state index in [2.05, 4.69) is 20.9 Å². The topological polar surface area (TPSA) is 75.5 Å². The zero-order chi connectivity index (χ0) is 23.0. The Morgan fingerprint density at radius 1 is 1.12 bits per heavy atom. The molecule has 1 saturated heterocycles. The van der Waals surface area contributed by atoms with E-state index < -0.39 is 5.97 Å². The van der Waals surface area contributed by atoms with Gasteiger partial charge in [0.05, 0.1) is 18.5 Å². The number of carboxylic acid groups (broad SMARTS) is 1. The van der Waals surface area contributed by atoms with Crippen molar-refractivity contribution in [2.75, 3.05) is 26.7 Å². The van der Waals surface area contributed by atoms with E-state index in [-0.39, 0.29) is 11.8 Å². The average Bonchev–Trinajstić information content (AvgIpc) is 2.85. The molecule has 174 valence electrons. The van der Waals surface area contributed by atoms with Gasteiger partial charge in [-0.3, -0.25) is 14.8 Å². The van der Waals surface area contributed by atoms with Crippen LogP contribution in [0.5, 0.6) is 5.75 Å². The zero-order valence-corrected chi connectivity index (χ0v) is 19.3. The highest BCUT2D eigenvalue weighted by Gasteiger charge is 2.33. The first-order valence-electron chi connectivity index (χ1n) is 11.9. The molecular weight excluding hydrogens is 414 g/mol. The van der Waals surface area contributed by atoms with Gasteiger partial charge >= 0.3 is 5.97 Å². The number of likely N-dealkylation sites (tertiary alicyclic amines) is 1. The van der Waals surface area contributed by atoms with Gasteiger partial charge in [0.15, 0.2) is 0 Å². The molecule has 6 heteroatoms. The van der Waals surface area contributed by atoms with Gasteiger partial charge in [-0.05, 0) is 99.5 Å². The Hall–Kier alpha value is -2.99. The number of nitrogens with zero attached hydrogens (tertiary/aromatic N) is 3. The van der Waals surface area contributed by atoms with E-state index in [1.165, 1.54) is 5.56 Å². The quantitative estimate of drug-likeness (QED) is 0.489. The summed E-state index contributed by atoms with van der Waals surface area (Å²) < 4.78 is 5.38. The first-order valence-corrected chi connectivity index (χ1v) is 11.9. The lowest BCUT2D eigenvalue weighted by molar-refractivity contribution is -0.146. The minimum absolute atomic E-state index is 0.233. The number of carbonyl (C=O) groups is 1. The molecule has 0 radical (unpaired) electrons. The molecule has 33 heavy (non-hydrogen) atoms. The second-order valence-corrected chi connectivity index (χ2v) is 8.96. The molecule has 1 aromatic carbocycles. The molecular formula is C27H33N3O3. The lowest BCUT2D eigenvalue weighted by Crippen LogP contribution is -2.44. The van der Waals surface area contributed by atoms with Crippen molar-refractivity contribution in [1.29, 1.82) is 0 Å². The van der Waals surface area contributed by atoms with E-state index in [0.29, 0.717) is 6.54 Å². The molecule has 3 heterocycles. The van der Waals surface area contributed by atoms with Crippen molar-refractivity contribution in [3.05, 3.63) is 66.1 Å². The first-order chi connectivity index (χ1) is 16.1. The van der Waals surface area contributed by atoms with E-state index in [1.54, 1.807) is 7.11 Å². The van der Waals surface area contributed by atoms with Gasteiger partial charge in [0, 0.05) is 30.0 Å². The van der Waals surface area contributed by atoms with Crippen LogP contribution < -0.4 is 4.74 Å². The predicted octanol–water partition coefficient (Wildman–Crippen LogP) is 4.62. The van der Waals surface area contributed by atoms with Crippen LogP contribution in [0.15, 0.2) is 54.9 Å². The SMILES string of the molecule is COc1ccc2nccc(CCC[C@@H]3CCN(CCCc4ccccn4)C[C@@H]3C(=O)O)c2c1. The highest BCUT2D eigenvalue weighted by molar-refractivity contribution is 5.83. The maximum Gasteiger partial charge on any atom is 0.308 e. The minimum Gasteiger partial charge on any atom is -0.497 e. The number of ether oxygens (including phenoxy) is 1. The third-order valence-corrected chi connectivity index (χ3v) is 6.85. The maximum absolute atomic E-state index is 12.0. The summed E-state index contributed by atoms with van der Waals surface area (Å²) in [6.07, 6.45) is 9.40. The number of carboxylic acids is 1. The highest BCUT2D eigenvalue weighted by atomic mass is 16.5. The van der Waals surface area contributed by atoms with Crippen LogP contribution in [-0.4, -0.2) is 52.7 Å². The first kappa shape index (κ1) is 23.2. The predicted molar refractivity (Wildman–Crippen MR) is 129 cm³/mol. The van der Waals surface area contributed by atoms with Crippen LogP contribution in [0.1, 0.15) is 36.9 Å². The number of aryl methyl sites for hydroxylation is 2. The number of methoxy groups -OCH3 is 1. The van der Waals surface area contributed by atoms with Gasteiger partial charge in [-0.1, -0.05) is 6.07 Å². The summed E-state index contributed by atoms with van der Waals surface area (Å²) in [5, 5.41) is 11.0. The normalized spacial score (nSPS) is 18.9. The fourth-order valence-electron chi connectivity index (χ4n) is 5.01. The van der Waals surface area contributed by atoms with Gasteiger partial charge in [-0.15, -0.1) is 0 Å². The molecule has 1 aliphatic heterocycles. The Kier molecular flexibility index (Phi) is 7.89. The number of hydrogen-bond donors (Lipinski definition) is 1. The lowest BCUT2D eigenvalue weighted by atomic mass is 9.81. The summed E-state index contributed by atoms with van der Waals surface area (Å²) >= 11 is 0. The Labute approximate surface area is 195 Å². The fourth-order valence-corrected chi connectivity index (χ4v) is 5.01. The van der Waals surface area contributed by atoms with Crippen molar-refractivity contribution < 1.29 is 14.6 Å². The average molecular weight is 448 g/mol. The lowest BCUT2D eigenvalue weighted by Gasteiger charge is -2.36. The number of benzene rings is 1. The van der Waals surface area contributed by atoms with Gasteiger partial charge in [0.25, 0.3) is 0 Å². The maximum atomic E-state index is 12.0. The molecule has 0 bridgehead atoms. The van der Waals surface area contributed by atoms with Crippen LogP contribution in [0.3, 0.4) is 0 Å². The molecule has 1 N–H and O–H groups in total. The van der Waals surface area contributed by atoms with Gasteiger partial charge in [-0.25, -0.2) is 0 Å². The molecule has 0 aliphatic carbocycles. The molecule has 2 atom stereocenters. The molecule has 1 aliphatic rings.